The van der Waals surface area contributed by atoms with Crippen LogP contribution < -0.4 is 4.74 Å². The Hall–Kier alpha value is -3.80. The maximum absolute atomic E-state index is 12.8. The molecule has 29 heavy (non-hydrogen) atoms. The van der Waals surface area contributed by atoms with Crippen molar-refractivity contribution >= 4 is 17.5 Å². The summed E-state index contributed by atoms with van der Waals surface area (Å²) in [5.74, 6) is 0.582. The number of hydrogen-bond donors (Lipinski definition) is 0. The van der Waals surface area contributed by atoms with Gasteiger partial charge in [-0.2, -0.15) is 0 Å². The molecular formula is C23H18N2O4. The number of aryl methyl sites for hydroxylation is 1. The van der Waals surface area contributed by atoms with Crippen molar-refractivity contribution in [3.63, 3.8) is 0 Å². The minimum Gasteiger partial charge on any atom is -0.489 e. The maximum Gasteiger partial charge on any atom is 0.270 e. The Morgan fingerprint density at radius 2 is 1.93 bits per heavy atom. The number of fused-ring (bicyclic) bond motifs is 1. The first kappa shape index (κ1) is 18.6. The van der Waals surface area contributed by atoms with E-state index >= 15 is 0 Å². The van der Waals surface area contributed by atoms with Crippen molar-refractivity contribution in [3.05, 3.63) is 105 Å². The Labute approximate surface area is 167 Å². The number of Topliss-reactive ketones (excluding diaryl/α,β-unsaturated/α-hetero) is 1. The van der Waals surface area contributed by atoms with Crippen molar-refractivity contribution in [3.8, 4) is 5.75 Å². The van der Waals surface area contributed by atoms with Gasteiger partial charge in [-0.25, -0.2) is 0 Å². The molecule has 1 aliphatic carbocycles. The van der Waals surface area contributed by atoms with E-state index in [2.05, 4.69) is 4.98 Å². The minimum atomic E-state index is -0.476. The normalized spacial score (nSPS) is 14.5. The van der Waals surface area contributed by atoms with Gasteiger partial charge in [0.1, 0.15) is 12.4 Å². The molecule has 1 aromatic heterocycles. The second-order valence-electron chi connectivity index (χ2n) is 6.82. The third-order valence-corrected chi connectivity index (χ3v) is 4.85. The number of carbonyl (C=O) groups excluding carboxylic acids is 1. The summed E-state index contributed by atoms with van der Waals surface area (Å²) in [4.78, 5) is 27.4. The van der Waals surface area contributed by atoms with Crippen LogP contribution in [0.4, 0.5) is 5.69 Å². The molecule has 2 aromatic carbocycles. The number of hydrogen-bond acceptors (Lipinski definition) is 5. The first-order valence-electron chi connectivity index (χ1n) is 9.24. The van der Waals surface area contributed by atoms with E-state index in [1.807, 2.05) is 42.5 Å². The van der Waals surface area contributed by atoms with Gasteiger partial charge in [0.25, 0.3) is 5.69 Å². The molecule has 3 aromatic rings. The smallest absolute Gasteiger partial charge is 0.270 e. The third-order valence-electron chi connectivity index (χ3n) is 4.85. The standard InChI is InChI=1S/C23H18N2O4/c26-23-19(6-5-18-7-8-20(25(27)28)13-22(18)23)12-16-3-9-21(10-4-16)29-15-17-2-1-11-24-14-17/h1-4,7-14H,5-6,15H2/b19-12-. The van der Waals surface area contributed by atoms with Crippen molar-refractivity contribution < 1.29 is 14.5 Å². The molecule has 0 amide bonds. The van der Waals surface area contributed by atoms with Crippen LogP contribution in [0.3, 0.4) is 0 Å². The molecule has 6 nitrogen and oxygen atoms in total. The molecule has 0 bridgehead atoms. The number of ketones is 1. The lowest BCUT2D eigenvalue weighted by atomic mass is 9.86. The molecule has 1 heterocycles. The number of pyridine rings is 1. The Morgan fingerprint density at radius 3 is 2.66 bits per heavy atom. The number of allylic oxidation sites excluding steroid dienone is 1. The number of benzene rings is 2. The quantitative estimate of drug-likeness (QED) is 0.358. The van der Waals surface area contributed by atoms with E-state index in [0.29, 0.717) is 30.6 Å². The van der Waals surface area contributed by atoms with Gasteiger partial charge in [-0.05, 0) is 48.2 Å². The highest BCUT2D eigenvalue weighted by atomic mass is 16.6. The highest BCUT2D eigenvalue weighted by Crippen LogP contribution is 2.29. The first-order chi connectivity index (χ1) is 14.1. The fourth-order valence-electron chi connectivity index (χ4n) is 3.31. The zero-order valence-electron chi connectivity index (χ0n) is 15.6. The van der Waals surface area contributed by atoms with Gasteiger partial charge >= 0.3 is 0 Å². The van der Waals surface area contributed by atoms with Crippen molar-refractivity contribution in [2.75, 3.05) is 0 Å². The predicted molar refractivity (Wildman–Crippen MR) is 109 cm³/mol. The number of aromatic nitrogens is 1. The monoisotopic (exact) mass is 386 g/mol. The molecule has 1 aliphatic rings. The minimum absolute atomic E-state index is 0.0616. The van der Waals surface area contributed by atoms with Crippen LogP contribution in [0.25, 0.3) is 6.08 Å². The lowest BCUT2D eigenvalue weighted by molar-refractivity contribution is -0.384. The highest BCUT2D eigenvalue weighted by Gasteiger charge is 2.24. The van der Waals surface area contributed by atoms with Gasteiger partial charge < -0.3 is 4.74 Å². The Bertz CT molecular complexity index is 1090. The maximum atomic E-state index is 12.8. The first-order valence-corrected chi connectivity index (χ1v) is 9.24. The van der Waals surface area contributed by atoms with Crippen molar-refractivity contribution in [2.24, 2.45) is 0 Å². The van der Waals surface area contributed by atoms with E-state index in [1.54, 1.807) is 18.5 Å². The number of ether oxygens (including phenoxy) is 1. The van der Waals surface area contributed by atoms with Gasteiger partial charge in [-0.1, -0.05) is 24.3 Å². The van der Waals surface area contributed by atoms with Gasteiger partial charge in [0, 0.05) is 41.2 Å². The molecule has 0 unspecified atom stereocenters. The Kier molecular flexibility index (Phi) is 5.16. The Morgan fingerprint density at radius 1 is 1.10 bits per heavy atom. The molecule has 0 atom stereocenters. The summed E-state index contributed by atoms with van der Waals surface area (Å²) in [5.41, 5.74) is 3.75. The fraction of sp³-hybridized carbons (Fsp3) is 0.130. The van der Waals surface area contributed by atoms with Crippen LogP contribution in [-0.4, -0.2) is 15.7 Å². The van der Waals surface area contributed by atoms with Gasteiger partial charge in [0.05, 0.1) is 4.92 Å². The van der Waals surface area contributed by atoms with E-state index in [9.17, 15) is 14.9 Å². The molecule has 4 rings (SSSR count). The van der Waals surface area contributed by atoms with E-state index in [-0.39, 0.29) is 11.5 Å². The Balaban J connectivity index is 1.49. The second kappa shape index (κ2) is 8.06. The summed E-state index contributed by atoms with van der Waals surface area (Å²) in [5, 5.41) is 11.0. The molecular weight excluding hydrogens is 368 g/mol. The predicted octanol–water partition coefficient (Wildman–Crippen LogP) is 4.78. The summed E-state index contributed by atoms with van der Waals surface area (Å²) in [6.07, 6.45) is 6.62. The number of non-ortho nitro benzene ring substituents is 1. The topological polar surface area (TPSA) is 82.3 Å². The highest BCUT2D eigenvalue weighted by molar-refractivity contribution is 6.13. The summed E-state index contributed by atoms with van der Waals surface area (Å²) in [6, 6.07) is 15.8. The molecule has 144 valence electrons. The van der Waals surface area contributed by atoms with E-state index in [0.717, 1.165) is 22.4 Å². The number of carbonyl (C=O) groups is 1. The lowest BCUT2D eigenvalue weighted by Gasteiger charge is -2.17. The summed E-state index contributed by atoms with van der Waals surface area (Å²) < 4.78 is 5.75. The molecule has 0 saturated heterocycles. The van der Waals surface area contributed by atoms with Gasteiger partial charge in [0.15, 0.2) is 5.78 Å². The molecule has 0 N–H and O–H groups in total. The fourth-order valence-corrected chi connectivity index (χ4v) is 3.31. The van der Waals surface area contributed by atoms with Crippen LogP contribution in [0.1, 0.15) is 33.5 Å². The molecule has 0 radical (unpaired) electrons. The van der Waals surface area contributed by atoms with Gasteiger partial charge in [-0.3, -0.25) is 19.9 Å². The lowest BCUT2D eigenvalue weighted by Crippen LogP contribution is -2.14. The van der Waals surface area contributed by atoms with Crippen LogP contribution >= 0.6 is 0 Å². The molecule has 0 saturated carbocycles. The van der Waals surface area contributed by atoms with E-state index < -0.39 is 4.92 Å². The number of nitro benzene ring substituents is 1. The number of nitro groups is 1. The summed E-state index contributed by atoms with van der Waals surface area (Å²) >= 11 is 0. The SMILES string of the molecule is O=C1/C(=C\c2ccc(OCc3cccnc3)cc2)CCc2ccc([N+](=O)[O-])cc21. The van der Waals surface area contributed by atoms with Crippen LogP contribution in [0.2, 0.25) is 0 Å². The van der Waals surface area contributed by atoms with Gasteiger partial charge in [-0.15, -0.1) is 0 Å². The molecule has 0 spiro atoms. The van der Waals surface area contributed by atoms with Crippen LogP contribution in [0.5, 0.6) is 5.75 Å². The summed E-state index contributed by atoms with van der Waals surface area (Å²) in [6.45, 7) is 0.433. The summed E-state index contributed by atoms with van der Waals surface area (Å²) in [7, 11) is 0. The van der Waals surface area contributed by atoms with E-state index in [4.69, 9.17) is 4.74 Å². The van der Waals surface area contributed by atoms with Crippen molar-refractivity contribution in [1.82, 2.24) is 4.98 Å². The third kappa shape index (κ3) is 4.21. The second-order valence-corrected chi connectivity index (χ2v) is 6.82. The molecule has 0 aliphatic heterocycles. The number of nitrogens with zero attached hydrogens (tertiary/aromatic N) is 2. The van der Waals surface area contributed by atoms with E-state index in [1.165, 1.54) is 12.1 Å². The zero-order chi connectivity index (χ0) is 20.2. The van der Waals surface area contributed by atoms with Crippen molar-refractivity contribution in [1.29, 1.82) is 0 Å². The van der Waals surface area contributed by atoms with Gasteiger partial charge in [0.2, 0.25) is 0 Å². The average Bonchev–Trinajstić information content (AvgIpc) is 2.75. The molecule has 0 fully saturated rings. The van der Waals surface area contributed by atoms with Crippen LogP contribution in [-0.2, 0) is 13.0 Å². The van der Waals surface area contributed by atoms with Crippen LogP contribution in [0.15, 0.2) is 72.6 Å². The largest absolute Gasteiger partial charge is 0.489 e. The van der Waals surface area contributed by atoms with Crippen molar-refractivity contribution in [2.45, 2.75) is 19.4 Å². The average molecular weight is 386 g/mol. The zero-order valence-corrected chi connectivity index (χ0v) is 15.6. The van der Waals surface area contributed by atoms with Crippen LogP contribution in [0, 0.1) is 10.1 Å². The number of rotatable bonds is 5. The molecule has 6 heteroatoms.